The molecule has 3 unspecified atom stereocenters. The quantitative estimate of drug-likeness (QED) is 0.279. The Kier molecular flexibility index (Phi) is 2.62. The molecule has 0 aromatic rings. The van der Waals surface area contributed by atoms with Crippen LogP contribution >= 0.6 is 11.6 Å². The lowest BCUT2D eigenvalue weighted by Crippen LogP contribution is -2.49. The molecule has 0 saturated carbocycles. The van der Waals surface area contributed by atoms with Gasteiger partial charge in [0.2, 0.25) is 6.04 Å². The third-order valence-electron chi connectivity index (χ3n) is 1.64. The minimum absolute atomic E-state index is 0.0891. The maximum absolute atomic E-state index is 12.5. The second-order valence-corrected chi connectivity index (χ2v) is 2.97. The van der Waals surface area contributed by atoms with Crippen molar-refractivity contribution in [3.05, 3.63) is 10.1 Å². The summed E-state index contributed by atoms with van der Waals surface area (Å²) in [6, 6.07) is -1.000. The van der Waals surface area contributed by atoms with Gasteiger partial charge in [-0.2, -0.15) is 0 Å². The van der Waals surface area contributed by atoms with E-state index in [9.17, 15) is 14.5 Å². The molecular weight excluding hydrogens is 175 g/mol. The van der Waals surface area contributed by atoms with E-state index < -0.39 is 22.6 Å². The van der Waals surface area contributed by atoms with Crippen LogP contribution in [0.5, 0.6) is 0 Å². The van der Waals surface area contributed by atoms with Crippen molar-refractivity contribution in [3.63, 3.8) is 0 Å². The smallest absolute Gasteiger partial charge is 0.244 e. The first-order valence-electron chi connectivity index (χ1n) is 3.26. The Balaban J connectivity index is 2.54. The second kappa shape index (κ2) is 3.32. The highest BCUT2D eigenvalue weighted by atomic mass is 35.5. The van der Waals surface area contributed by atoms with Gasteiger partial charge in [0.1, 0.15) is 6.17 Å². The van der Waals surface area contributed by atoms with Crippen molar-refractivity contribution in [2.75, 3.05) is 6.54 Å². The molecule has 0 radical (unpaired) electrons. The first-order valence-corrected chi connectivity index (χ1v) is 3.70. The van der Waals surface area contributed by atoms with Crippen LogP contribution in [0.25, 0.3) is 0 Å². The van der Waals surface area contributed by atoms with E-state index >= 15 is 0 Å². The topological polar surface area (TPSA) is 55.2 Å². The molecule has 0 amide bonds. The molecule has 64 valence electrons. The highest BCUT2D eigenvalue weighted by Crippen LogP contribution is 2.16. The molecule has 4 nitrogen and oxygen atoms in total. The lowest BCUT2D eigenvalue weighted by atomic mass is 10.1. The zero-order valence-corrected chi connectivity index (χ0v) is 6.42. The Hall–Kier alpha value is -0.420. The number of hydrogen-bond donors (Lipinski definition) is 1. The van der Waals surface area contributed by atoms with Gasteiger partial charge in [0.15, 0.2) is 5.50 Å². The van der Waals surface area contributed by atoms with E-state index in [0.717, 1.165) is 0 Å². The third kappa shape index (κ3) is 2.00. The fourth-order valence-corrected chi connectivity index (χ4v) is 1.32. The maximum atomic E-state index is 12.5. The molecule has 1 aliphatic heterocycles. The van der Waals surface area contributed by atoms with Crippen LogP contribution in [0.4, 0.5) is 4.39 Å². The Labute approximate surface area is 67.9 Å². The standard InChI is InChI=1S/C5H8ClFN2O2/c6-5-4(9(10)11)1-3(7)2-8-5/h3-5,8H,1-2H2. The zero-order chi connectivity index (χ0) is 8.43. The maximum Gasteiger partial charge on any atom is 0.244 e. The minimum Gasteiger partial charge on any atom is -0.293 e. The van der Waals surface area contributed by atoms with Crippen molar-refractivity contribution < 1.29 is 9.31 Å². The first-order chi connectivity index (χ1) is 5.11. The Bertz CT molecular complexity index is 169. The molecule has 11 heavy (non-hydrogen) atoms. The predicted molar refractivity (Wildman–Crippen MR) is 37.9 cm³/mol. The summed E-state index contributed by atoms with van der Waals surface area (Å²) >= 11 is 5.52. The number of piperidine rings is 1. The molecule has 6 heteroatoms. The summed E-state index contributed by atoms with van der Waals surface area (Å²) in [5.74, 6) is 0. The summed E-state index contributed by atoms with van der Waals surface area (Å²) in [6.45, 7) is 0.110. The first kappa shape index (κ1) is 8.67. The fourth-order valence-electron chi connectivity index (χ4n) is 1.03. The number of nitrogens with one attached hydrogen (secondary N) is 1. The van der Waals surface area contributed by atoms with Crippen LogP contribution in [0.1, 0.15) is 6.42 Å². The number of nitrogens with zero attached hydrogens (tertiary/aromatic N) is 1. The SMILES string of the molecule is O=[N+]([O-])C1CC(F)CNC1Cl. The van der Waals surface area contributed by atoms with Crippen molar-refractivity contribution in [2.24, 2.45) is 0 Å². The molecule has 1 heterocycles. The van der Waals surface area contributed by atoms with Crippen LogP contribution in [0.15, 0.2) is 0 Å². The summed E-state index contributed by atoms with van der Waals surface area (Å²) in [4.78, 5) is 9.68. The number of hydrogen-bond acceptors (Lipinski definition) is 3. The van der Waals surface area contributed by atoms with Gasteiger partial charge >= 0.3 is 0 Å². The zero-order valence-electron chi connectivity index (χ0n) is 5.67. The number of halogens is 2. The van der Waals surface area contributed by atoms with E-state index in [1.165, 1.54) is 0 Å². The Morgan fingerprint density at radius 1 is 1.73 bits per heavy atom. The average Bonchev–Trinajstić information content (AvgIpc) is 1.94. The Morgan fingerprint density at radius 3 is 2.82 bits per heavy atom. The summed E-state index contributed by atoms with van der Waals surface area (Å²) in [5, 5.41) is 12.7. The van der Waals surface area contributed by atoms with Gasteiger partial charge in [0, 0.05) is 11.5 Å². The monoisotopic (exact) mass is 182 g/mol. The van der Waals surface area contributed by atoms with Crippen LogP contribution in [-0.4, -0.2) is 29.2 Å². The van der Waals surface area contributed by atoms with Crippen molar-refractivity contribution in [1.29, 1.82) is 0 Å². The highest BCUT2D eigenvalue weighted by molar-refractivity contribution is 6.20. The minimum atomic E-state index is -1.15. The van der Waals surface area contributed by atoms with E-state index in [4.69, 9.17) is 11.6 Å². The lowest BCUT2D eigenvalue weighted by molar-refractivity contribution is -0.527. The van der Waals surface area contributed by atoms with Crippen LogP contribution < -0.4 is 5.32 Å². The predicted octanol–water partition coefficient (Wildman–Crippen LogP) is 0.528. The van der Waals surface area contributed by atoms with Gasteiger partial charge in [-0.15, -0.1) is 0 Å². The third-order valence-corrected chi connectivity index (χ3v) is 2.09. The molecule has 1 rings (SSSR count). The van der Waals surface area contributed by atoms with Crippen LogP contribution in [0, 0.1) is 10.1 Å². The Morgan fingerprint density at radius 2 is 2.36 bits per heavy atom. The van der Waals surface area contributed by atoms with Gasteiger partial charge in [-0.1, -0.05) is 11.6 Å². The van der Waals surface area contributed by atoms with E-state index in [0.29, 0.717) is 0 Å². The number of alkyl halides is 2. The molecule has 0 aromatic heterocycles. The van der Waals surface area contributed by atoms with E-state index in [1.807, 2.05) is 0 Å². The normalized spacial score (nSPS) is 38.5. The average molecular weight is 183 g/mol. The van der Waals surface area contributed by atoms with Crippen molar-refractivity contribution >= 4 is 11.6 Å². The molecule has 1 aliphatic rings. The lowest BCUT2D eigenvalue weighted by Gasteiger charge is -2.24. The van der Waals surface area contributed by atoms with Gasteiger partial charge in [-0.05, 0) is 0 Å². The number of nitro groups is 1. The van der Waals surface area contributed by atoms with Crippen LogP contribution in [0.2, 0.25) is 0 Å². The molecule has 1 fully saturated rings. The molecule has 1 saturated heterocycles. The number of rotatable bonds is 1. The van der Waals surface area contributed by atoms with Crippen LogP contribution in [0.3, 0.4) is 0 Å². The van der Waals surface area contributed by atoms with E-state index in [2.05, 4.69) is 5.32 Å². The molecule has 0 aliphatic carbocycles. The molecular formula is C5H8ClFN2O2. The van der Waals surface area contributed by atoms with Gasteiger partial charge in [0.05, 0.1) is 6.42 Å². The second-order valence-electron chi connectivity index (χ2n) is 2.50. The fraction of sp³-hybridized carbons (Fsp3) is 1.00. The van der Waals surface area contributed by atoms with Crippen molar-refractivity contribution in [1.82, 2.24) is 5.32 Å². The van der Waals surface area contributed by atoms with Crippen LogP contribution in [-0.2, 0) is 0 Å². The van der Waals surface area contributed by atoms with E-state index in [1.54, 1.807) is 0 Å². The summed E-state index contributed by atoms with van der Waals surface area (Å²) in [6.07, 6.45) is -1.24. The van der Waals surface area contributed by atoms with Gasteiger partial charge in [0.25, 0.3) is 0 Å². The van der Waals surface area contributed by atoms with Gasteiger partial charge in [-0.25, -0.2) is 4.39 Å². The largest absolute Gasteiger partial charge is 0.293 e. The van der Waals surface area contributed by atoms with E-state index in [-0.39, 0.29) is 13.0 Å². The van der Waals surface area contributed by atoms with Crippen molar-refractivity contribution in [3.8, 4) is 0 Å². The molecule has 1 N–H and O–H groups in total. The molecule has 3 atom stereocenters. The molecule has 0 bridgehead atoms. The van der Waals surface area contributed by atoms with Gasteiger partial charge in [-0.3, -0.25) is 15.4 Å². The van der Waals surface area contributed by atoms with Crippen molar-refractivity contribution in [2.45, 2.75) is 24.1 Å². The van der Waals surface area contributed by atoms with Gasteiger partial charge < -0.3 is 0 Å². The summed E-state index contributed by atoms with van der Waals surface area (Å²) < 4.78 is 12.5. The highest BCUT2D eigenvalue weighted by Gasteiger charge is 2.37. The summed E-state index contributed by atoms with van der Waals surface area (Å²) in [7, 11) is 0. The molecule has 0 aromatic carbocycles. The molecule has 0 spiro atoms. The summed E-state index contributed by atoms with van der Waals surface area (Å²) in [5.41, 5.74) is -0.739.